The van der Waals surface area contributed by atoms with Crippen LogP contribution in [0, 0.1) is 11.6 Å². The van der Waals surface area contributed by atoms with Gasteiger partial charge in [-0.05, 0) is 42.8 Å². The third-order valence-corrected chi connectivity index (χ3v) is 5.80. The number of benzene rings is 3. The quantitative estimate of drug-likeness (QED) is 0.334. The van der Waals surface area contributed by atoms with Crippen molar-refractivity contribution in [2.75, 3.05) is 25.6 Å². The highest BCUT2D eigenvalue weighted by Gasteiger charge is 2.24. The first-order valence-corrected chi connectivity index (χ1v) is 11.5. The molecule has 3 aromatic carbocycles. The van der Waals surface area contributed by atoms with Crippen molar-refractivity contribution in [1.82, 2.24) is 10.3 Å². The SMILES string of the molecule is COc1cc2nccc(Oc3ccc(NC(=O)N[C@H](C)c4ccc(F)cc4)c(F)c3)c2c2c1OCCO2. The first-order chi connectivity index (χ1) is 17.9. The maximum Gasteiger partial charge on any atom is 0.319 e. The second-order valence-corrected chi connectivity index (χ2v) is 8.25. The summed E-state index contributed by atoms with van der Waals surface area (Å²) >= 11 is 0. The fourth-order valence-corrected chi connectivity index (χ4v) is 3.99. The van der Waals surface area contributed by atoms with Crippen LogP contribution >= 0.6 is 0 Å². The number of fused-ring (bicyclic) bond motifs is 3. The zero-order valence-corrected chi connectivity index (χ0v) is 20.0. The fourth-order valence-electron chi connectivity index (χ4n) is 3.99. The van der Waals surface area contributed by atoms with Gasteiger partial charge in [0.25, 0.3) is 0 Å². The zero-order chi connectivity index (χ0) is 25.9. The molecule has 4 aromatic rings. The fraction of sp³-hybridized carbons (Fsp3) is 0.185. The van der Waals surface area contributed by atoms with Crippen molar-refractivity contribution in [2.24, 2.45) is 0 Å². The van der Waals surface area contributed by atoms with E-state index in [0.717, 1.165) is 0 Å². The Bertz CT molecular complexity index is 1460. The minimum atomic E-state index is -0.691. The molecule has 2 N–H and O–H groups in total. The number of urea groups is 1. The van der Waals surface area contributed by atoms with E-state index >= 15 is 0 Å². The van der Waals surface area contributed by atoms with Crippen LogP contribution in [-0.2, 0) is 0 Å². The average Bonchev–Trinajstić information content (AvgIpc) is 2.90. The van der Waals surface area contributed by atoms with Crippen LogP contribution in [0.25, 0.3) is 10.9 Å². The first kappa shape index (κ1) is 24.1. The average molecular weight is 507 g/mol. The van der Waals surface area contributed by atoms with Crippen LogP contribution in [0.3, 0.4) is 0 Å². The summed E-state index contributed by atoms with van der Waals surface area (Å²) in [4.78, 5) is 16.8. The van der Waals surface area contributed by atoms with E-state index in [2.05, 4.69) is 15.6 Å². The molecule has 5 rings (SSSR count). The molecule has 0 saturated heterocycles. The second kappa shape index (κ2) is 10.2. The van der Waals surface area contributed by atoms with E-state index in [1.165, 1.54) is 37.4 Å². The maximum atomic E-state index is 14.9. The van der Waals surface area contributed by atoms with Crippen LogP contribution in [-0.4, -0.2) is 31.3 Å². The van der Waals surface area contributed by atoms with E-state index in [0.29, 0.717) is 52.7 Å². The number of amides is 2. The van der Waals surface area contributed by atoms with Crippen LogP contribution in [0.1, 0.15) is 18.5 Å². The third-order valence-electron chi connectivity index (χ3n) is 5.80. The van der Waals surface area contributed by atoms with Crippen molar-refractivity contribution in [3.8, 4) is 28.7 Å². The highest BCUT2D eigenvalue weighted by molar-refractivity contribution is 5.95. The van der Waals surface area contributed by atoms with Gasteiger partial charge in [-0.15, -0.1) is 0 Å². The Morgan fingerprint density at radius 2 is 1.76 bits per heavy atom. The normalized spacial score (nSPS) is 13.1. The van der Waals surface area contributed by atoms with Gasteiger partial charge in [0.2, 0.25) is 5.75 Å². The third kappa shape index (κ3) is 5.04. The number of anilines is 1. The molecule has 10 heteroatoms. The van der Waals surface area contributed by atoms with Crippen molar-refractivity contribution < 1.29 is 32.5 Å². The molecule has 2 heterocycles. The number of aromatic nitrogens is 1. The Morgan fingerprint density at radius 1 is 1.00 bits per heavy atom. The number of carbonyl (C=O) groups excluding carboxylic acids is 1. The number of hydrogen-bond donors (Lipinski definition) is 2. The smallest absolute Gasteiger partial charge is 0.319 e. The molecule has 0 saturated carbocycles. The van der Waals surface area contributed by atoms with Gasteiger partial charge in [0, 0.05) is 18.3 Å². The Balaban J connectivity index is 1.34. The van der Waals surface area contributed by atoms with E-state index < -0.39 is 17.9 Å². The number of hydrogen-bond acceptors (Lipinski definition) is 6. The van der Waals surface area contributed by atoms with Crippen molar-refractivity contribution in [1.29, 1.82) is 0 Å². The highest BCUT2D eigenvalue weighted by atomic mass is 19.1. The number of rotatable bonds is 6. The molecular weight excluding hydrogens is 484 g/mol. The van der Waals surface area contributed by atoms with E-state index in [9.17, 15) is 13.6 Å². The van der Waals surface area contributed by atoms with Crippen molar-refractivity contribution in [3.63, 3.8) is 0 Å². The molecule has 1 atom stereocenters. The number of nitrogens with one attached hydrogen (secondary N) is 2. The lowest BCUT2D eigenvalue weighted by Gasteiger charge is -2.23. The van der Waals surface area contributed by atoms with Crippen LogP contribution < -0.4 is 29.6 Å². The first-order valence-electron chi connectivity index (χ1n) is 11.5. The minimum Gasteiger partial charge on any atom is -0.493 e. The highest BCUT2D eigenvalue weighted by Crippen LogP contribution is 2.48. The predicted molar refractivity (Wildman–Crippen MR) is 133 cm³/mol. The lowest BCUT2D eigenvalue weighted by atomic mass is 10.1. The lowest BCUT2D eigenvalue weighted by Crippen LogP contribution is -2.31. The van der Waals surface area contributed by atoms with Crippen molar-refractivity contribution >= 4 is 22.6 Å². The van der Waals surface area contributed by atoms with Gasteiger partial charge in [-0.3, -0.25) is 4.98 Å². The van der Waals surface area contributed by atoms with Crippen LogP contribution in [0.4, 0.5) is 19.3 Å². The summed E-state index contributed by atoms with van der Waals surface area (Å²) in [7, 11) is 1.53. The molecule has 8 nitrogen and oxygen atoms in total. The van der Waals surface area contributed by atoms with E-state index in [4.69, 9.17) is 18.9 Å². The lowest BCUT2D eigenvalue weighted by molar-refractivity contribution is 0.167. The number of pyridine rings is 1. The Hall–Kier alpha value is -4.60. The Labute approximate surface area is 211 Å². The van der Waals surface area contributed by atoms with Crippen molar-refractivity contribution in [2.45, 2.75) is 13.0 Å². The van der Waals surface area contributed by atoms with Crippen LogP contribution in [0.5, 0.6) is 28.7 Å². The number of ether oxygens (including phenoxy) is 4. The Kier molecular flexibility index (Phi) is 6.63. The summed E-state index contributed by atoms with van der Waals surface area (Å²) in [6.07, 6.45) is 1.56. The van der Waals surface area contributed by atoms with Crippen LogP contribution in [0.2, 0.25) is 0 Å². The molecule has 0 spiro atoms. The van der Waals surface area contributed by atoms with Gasteiger partial charge in [0.1, 0.15) is 36.3 Å². The van der Waals surface area contributed by atoms with Gasteiger partial charge in [-0.25, -0.2) is 13.6 Å². The molecule has 1 aliphatic rings. The standard InChI is InChI=1S/C27H23F2N3O5/c1-15(16-3-5-17(28)6-4-16)31-27(33)32-20-8-7-18(13-19(20)29)37-22-9-10-30-21-14-23(34-2)25-26(24(21)22)36-12-11-35-25/h3-10,13-15H,11-12H2,1-2H3,(H2,31,32,33)/t15-/m1/s1. The predicted octanol–water partition coefficient (Wildman–Crippen LogP) is 5.97. The molecule has 1 aromatic heterocycles. The number of halogens is 2. The Morgan fingerprint density at radius 3 is 2.49 bits per heavy atom. The molecule has 0 aliphatic carbocycles. The monoisotopic (exact) mass is 507 g/mol. The van der Waals surface area contributed by atoms with Gasteiger partial charge in [0.15, 0.2) is 11.5 Å². The molecule has 0 unspecified atom stereocenters. The maximum absolute atomic E-state index is 14.9. The van der Waals surface area contributed by atoms with E-state index in [-0.39, 0.29) is 17.3 Å². The molecule has 0 fully saturated rings. The van der Waals surface area contributed by atoms with Gasteiger partial charge in [-0.1, -0.05) is 12.1 Å². The number of nitrogens with zero attached hydrogens (tertiary/aromatic N) is 1. The summed E-state index contributed by atoms with van der Waals surface area (Å²) < 4.78 is 51.0. The van der Waals surface area contributed by atoms with Gasteiger partial charge in [-0.2, -0.15) is 0 Å². The second-order valence-electron chi connectivity index (χ2n) is 8.25. The number of methoxy groups -OCH3 is 1. The molecule has 2 amide bonds. The summed E-state index contributed by atoms with van der Waals surface area (Å²) in [5.41, 5.74) is 1.23. The van der Waals surface area contributed by atoms with Crippen LogP contribution in [0.15, 0.2) is 60.8 Å². The zero-order valence-electron chi connectivity index (χ0n) is 20.0. The van der Waals surface area contributed by atoms with Gasteiger partial charge >= 0.3 is 6.03 Å². The van der Waals surface area contributed by atoms with Gasteiger partial charge < -0.3 is 29.6 Å². The largest absolute Gasteiger partial charge is 0.493 e. The molecule has 0 radical (unpaired) electrons. The molecule has 1 aliphatic heterocycles. The summed E-state index contributed by atoms with van der Waals surface area (Å²) in [5.74, 6) is 0.909. The van der Waals surface area contributed by atoms with Crippen molar-refractivity contribution in [3.05, 3.63) is 78.0 Å². The topological polar surface area (TPSA) is 90.9 Å². The van der Waals surface area contributed by atoms with E-state index in [1.54, 1.807) is 37.4 Å². The summed E-state index contributed by atoms with van der Waals surface area (Å²) in [6.45, 7) is 2.46. The minimum absolute atomic E-state index is 0.0328. The van der Waals surface area contributed by atoms with E-state index in [1.807, 2.05) is 0 Å². The summed E-state index contributed by atoms with van der Waals surface area (Å²) in [5, 5.41) is 5.74. The number of carbonyl (C=O) groups is 1. The summed E-state index contributed by atoms with van der Waals surface area (Å²) in [6, 6.07) is 12.2. The van der Waals surface area contributed by atoms with Gasteiger partial charge in [0.05, 0.1) is 29.7 Å². The molecular formula is C27H23F2N3O5. The molecule has 0 bridgehead atoms. The molecule has 37 heavy (non-hydrogen) atoms. The molecule has 190 valence electrons.